The Balaban J connectivity index is 6.37. The van der Waals surface area contributed by atoms with Crippen molar-refractivity contribution < 1.29 is 0 Å². The molecule has 0 saturated heterocycles. The molecule has 26 heavy (non-hydrogen) atoms. The number of hydrogen-bond donors (Lipinski definition) is 0. The first-order valence-electron chi connectivity index (χ1n) is 9.25. The molecule has 0 radical (unpaired) electrons. The summed E-state index contributed by atoms with van der Waals surface area (Å²) >= 11 is 0. The Kier molecular flexibility index (Phi) is 8.33. The number of hydrogen-bond acceptors (Lipinski definition) is 0. The molecule has 0 saturated carbocycles. The first kappa shape index (κ1) is 24.4. The van der Waals surface area contributed by atoms with Gasteiger partial charge in [0.05, 0.1) is 16.1 Å². The van der Waals surface area contributed by atoms with E-state index in [0.29, 0.717) is 0 Å². The Morgan fingerprint density at radius 3 is 0.962 bits per heavy atom. The summed E-state index contributed by atoms with van der Waals surface area (Å²) in [7, 11) is -3.26. The van der Waals surface area contributed by atoms with Crippen LogP contribution in [0.25, 0.3) is 0 Å². The van der Waals surface area contributed by atoms with Crippen molar-refractivity contribution in [2.75, 3.05) is 0 Å². The minimum absolute atomic E-state index is 0.0261. The molecule has 0 aromatic rings. The molecule has 0 unspecified atom stereocenters. The Hall–Kier alpha value is -1.59. The second kappa shape index (κ2) is 8.87. The van der Waals surface area contributed by atoms with Crippen LogP contribution in [0.4, 0.5) is 0 Å². The summed E-state index contributed by atoms with van der Waals surface area (Å²) in [4.78, 5) is 0. The first-order chi connectivity index (χ1) is 11.4. The van der Waals surface area contributed by atoms with E-state index in [4.69, 9.17) is 0 Å². The predicted octanol–water partition coefficient (Wildman–Crippen LogP) is 6.14. The monoisotopic (exact) mass is 380 g/mol. The molecule has 0 aromatic heterocycles. The van der Waals surface area contributed by atoms with Crippen LogP contribution in [0.1, 0.15) is 41.5 Å². The fourth-order valence-corrected chi connectivity index (χ4v) is 6.62. The summed E-state index contributed by atoms with van der Waals surface area (Å²) in [5.41, 5.74) is -0.0522. The highest BCUT2D eigenvalue weighted by molar-refractivity contribution is 6.90. The zero-order chi connectivity index (χ0) is 20.8. The molecule has 0 nitrogen and oxygen atoms in total. The van der Waals surface area contributed by atoms with Crippen LogP contribution in [0.3, 0.4) is 0 Å². The third kappa shape index (κ3) is 11.1. The van der Waals surface area contributed by atoms with Gasteiger partial charge in [0.2, 0.25) is 0 Å². The zero-order valence-electron chi connectivity index (χ0n) is 19.0. The van der Waals surface area contributed by atoms with Gasteiger partial charge in [-0.15, -0.1) is 0 Å². The van der Waals surface area contributed by atoms with Gasteiger partial charge in [0.25, 0.3) is 0 Å². The highest BCUT2D eigenvalue weighted by atomic mass is 28.3. The van der Waals surface area contributed by atoms with Gasteiger partial charge in [0, 0.05) is 10.8 Å². The lowest BCUT2D eigenvalue weighted by molar-refractivity contribution is 0.571. The van der Waals surface area contributed by atoms with Crippen molar-refractivity contribution in [2.24, 2.45) is 10.8 Å². The third-order valence-corrected chi connectivity index (χ3v) is 7.12. The highest BCUT2D eigenvalue weighted by Gasteiger charge is 2.28. The predicted molar refractivity (Wildman–Crippen MR) is 124 cm³/mol. The quantitative estimate of drug-likeness (QED) is 0.398. The van der Waals surface area contributed by atoms with Crippen LogP contribution in [0.2, 0.25) is 39.3 Å². The van der Waals surface area contributed by atoms with E-state index in [2.05, 4.69) is 128 Å². The van der Waals surface area contributed by atoms with Crippen LogP contribution in [0.5, 0.6) is 0 Å². The molecule has 0 atom stereocenters. The van der Waals surface area contributed by atoms with Gasteiger partial charge in [-0.3, -0.25) is 0 Å². The standard InChI is InChI=1S/C24H36Si2/c1-23(2,3)19-15-13-17-21(25(7,8)9)22(26(10,11)12)18-14-16-20-24(4,5)6/h1-12H3/b22-21+. The summed E-state index contributed by atoms with van der Waals surface area (Å²) in [5.74, 6) is 25.5. The molecular weight excluding hydrogens is 344 g/mol. The molecule has 0 aliphatic carbocycles. The second-order valence-electron chi connectivity index (χ2n) is 10.8. The van der Waals surface area contributed by atoms with E-state index >= 15 is 0 Å². The fraction of sp³-hybridized carbons (Fsp3) is 0.583. The molecular formula is C24H36Si2. The SMILES string of the molecule is CC(C)(C)C#CC#C/C(=C(/C#CC#CC(C)(C)C)[Si](C)(C)C)[Si](C)(C)C. The van der Waals surface area contributed by atoms with Crippen molar-refractivity contribution in [3.05, 3.63) is 10.4 Å². The molecule has 0 heterocycles. The summed E-state index contributed by atoms with van der Waals surface area (Å²) in [5, 5.41) is 2.48. The fourth-order valence-electron chi connectivity index (χ4n) is 1.88. The van der Waals surface area contributed by atoms with Crippen molar-refractivity contribution in [3.8, 4) is 47.4 Å². The Labute approximate surface area is 165 Å². The molecule has 0 N–H and O–H groups in total. The van der Waals surface area contributed by atoms with Crippen LogP contribution >= 0.6 is 0 Å². The van der Waals surface area contributed by atoms with Crippen molar-refractivity contribution in [3.63, 3.8) is 0 Å². The maximum absolute atomic E-state index is 3.40. The topological polar surface area (TPSA) is 0 Å². The van der Waals surface area contributed by atoms with Gasteiger partial charge in [-0.25, -0.2) is 0 Å². The third-order valence-electron chi connectivity index (χ3n) is 3.12. The lowest BCUT2D eigenvalue weighted by atomic mass is 9.98. The van der Waals surface area contributed by atoms with Gasteiger partial charge in [-0.2, -0.15) is 0 Å². The molecule has 140 valence electrons. The van der Waals surface area contributed by atoms with E-state index in [1.165, 1.54) is 10.4 Å². The number of allylic oxidation sites excluding steroid dienone is 2. The van der Waals surface area contributed by atoms with Gasteiger partial charge in [0.15, 0.2) is 0 Å². The molecule has 0 aromatic carbocycles. The minimum Gasteiger partial charge on any atom is -0.0832 e. The summed E-state index contributed by atoms with van der Waals surface area (Å²) in [6.45, 7) is 26.6. The molecule has 0 rings (SSSR count). The molecule has 0 spiro atoms. The van der Waals surface area contributed by atoms with E-state index in [1.54, 1.807) is 0 Å². The first-order valence-corrected chi connectivity index (χ1v) is 16.2. The van der Waals surface area contributed by atoms with E-state index < -0.39 is 16.1 Å². The Morgan fingerprint density at radius 2 is 0.769 bits per heavy atom. The van der Waals surface area contributed by atoms with Crippen LogP contribution < -0.4 is 0 Å². The van der Waals surface area contributed by atoms with Gasteiger partial charge >= 0.3 is 0 Å². The lowest BCUT2D eigenvalue weighted by Gasteiger charge is -2.25. The molecule has 0 aliphatic rings. The van der Waals surface area contributed by atoms with Crippen molar-refractivity contribution >= 4 is 16.1 Å². The number of rotatable bonds is 2. The molecule has 0 aliphatic heterocycles. The summed E-state index contributed by atoms with van der Waals surface area (Å²) in [6.07, 6.45) is 0. The Morgan fingerprint density at radius 1 is 0.500 bits per heavy atom. The van der Waals surface area contributed by atoms with Crippen molar-refractivity contribution in [1.29, 1.82) is 0 Å². The molecule has 2 heteroatoms. The average molecular weight is 381 g/mol. The summed E-state index contributed by atoms with van der Waals surface area (Å²) < 4.78 is 0. The van der Waals surface area contributed by atoms with Gasteiger partial charge in [-0.1, -0.05) is 63.0 Å². The van der Waals surface area contributed by atoms with Gasteiger partial charge in [0.1, 0.15) is 0 Å². The van der Waals surface area contributed by atoms with Crippen molar-refractivity contribution in [2.45, 2.75) is 80.8 Å². The lowest BCUT2D eigenvalue weighted by Crippen LogP contribution is -2.32. The van der Waals surface area contributed by atoms with Crippen LogP contribution in [-0.2, 0) is 0 Å². The van der Waals surface area contributed by atoms with Crippen molar-refractivity contribution in [1.82, 2.24) is 0 Å². The normalized spacial score (nSPS) is 12.8. The second-order valence-corrected chi connectivity index (χ2v) is 20.8. The van der Waals surface area contributed by atoms with E-state index in [9.17, 15) is 0 Å². The Bertz CT molecular complexity index is 710. The smallest absolute Gasteiger partial charge is 0.0832 e. The van der Waals surface area contributed by atoms with Crippen LogP contribution in [0.15, 0.2) is 10.4 Å². The van der Waals surface area contributed by atoms with Gasteiger partial charge in [-0.05, 0) is 75.6 Å². The van der Waals surface area contributed by atoms with E-state index in [1.807, 2.05) is 0 Å². The maximum atomic E-state index is 3.40. The van der Waals surface area contributed by atoms with Gasteiger partial charge < -0.3 is 0 Å². The zero-order valence-corrected chi connectivity index (χ0v) is 21.0. The minimum atomic E-state index is -1.63. The molecule has 0 amide bonds. The van der Waals surface area contributed by atoms with E-state index in [-0.39, 0.29) is 10.8 Å². The van der Waals surface area contributed by atoms with Crippen LogP contribution in [-0.4, -0.2) is 16.1 Å². The molecule has 0 bridgehead atoms. The largest absolute Gasteiger partial charge is 0.0891 e. The van der Waals surface area contributed by atoms with Crippen LogP contribution in [0, 0.1) is 58.2 Å². The summed E-state index contributed by atoms with van der Waals surface area (Å²) in [6, 6.07) is 0. The van der Waals surface area contributed by atoms with E-state index in [0.717, 1.165) is 0 Å². The average Bonchev–Trinajstić information content (AvgIpc) is 2.35. The maximum Gasteiger partial charge on any atom is 0.0891 e. The molecule has 0 fully saturated rings. The highest BCUT2D eigenvalue weighted by Crippen LogP contribution is 2.25.